The molecule has 4 aliphatic rings. The standard InChI is InChI=1S/C22H33NO2/c1-15(2)23-13-20(24)14-25-21-5-3-19(4-6-21)22-10-16-7-17(11-22)9-18(8-16)12-22/h3-6,15-18,20,23-24H,7-14H2,1-2H3/p+1/t16?,17?,18?,20-,22?/m1/s1. The first kappa shape index (κ1) is 17.4. The van der Waals surface area contributed by atoms with Gasteiger partial charge in [0.15, 0.2) is 0 Å². The van der Waals surface area contributed by atoms with Crippen molar-refractivity contribution in [1.29, 1.82) is 0 Å². The van der Waals surface area contributed by atoms with Gasteiger partial charge in [-0.2, -0.15) is 0 Å². The molecule has 0 aliphatic heterocycles. The second-order valence-electron chi connectivity index (χ2n) is 9.40. The number of ether oxygens (including phenoxy) is 1. The Bertz CT molecular complexity index is 545. The van der Waals surface area contributed by atoms with Crippen LogP contribution in [0, 0.1) is 17.8 Å². The van der Waals surface area contributed by atoms with Crippen LogP contribution in [-0.4, -0.2) is 30.4 Å². The lowest BCUT2D eigenvalue weighted by molar-refractivity contribution is -0.688. The Kier molecular flexibility index (Phi) is 4.81. The second-order valence-corrected chi connectivity index (χ2v) is 9.40. The molecule has 0 aromatic heterocycles. The van der Waals surface area contributed by atoms with E-state index >= 15 is 0 Å². The molecule has 25 heavy (non-hydrogen) atoms. The lowest BCUT2D eigenvalue weighted by Gasteiger charge is -2.57. The maximum Gasteiger partial charge on any atom is 0.137 e. The number of benzene rings is 1. The van der Waals surface area contributed by atoms with Gasteiger partial charge in [-0.1, -0.05) is 12.1 Å². The molecule has 1 atom stereocenters. The molecule has 0 heterocycles. The number of hydrogen-bond acceptors (Lipinski definition) is 2. The zero-order valence-corrected chi connectivity index (χ0v) is 15.8. The fraction of sp³-hybridized carbons (Fsp3) is 0.727. The van der Waals surface area contributed by atoms with Crippen molar-refractivity contribution in [2.75, 3.05) is 13.2 Å². The minimum atomic E-state index is -0.412. The molecule has 0 radical (unpaired) electrons. The van der Waals surface area contributed by atoms with Gasteiger partial charge in [0.05, 0.1) is 6.04 Å². The van der Waals surface area contributed by atoms with Crippen LogP contribution in [0.15, 0.2) is 24.3 Å². The smallest absolute Gasteiger partial charge is 0.137 e. The van der Waals surface area contributed by atoms with Gasteiger partial charge < -0.3 is 15.2 Å². The molecule has 4 fully saturated rings. The molecule has 138 valence electrons. The molecule has 3 N–H and O–H groups in total. The second kappa shape index (κ2) is 6.92. The molecule has 0 unspecified atom stereocenters. The van der Waals surface area contributed by atoms with Crippen LogP contribution in [0.2, 0.25) is 0 Å². The average Bonchev–Trinajstić information content (AvgIpc) is 2.57. The highest BCUT2D eigenvalue weighted by Crippen LogP contribution is 2.60. The van der Waals surface area contributed by atoms with E-state index in [9.17, 15) is 5.11 Å². The van der Waals surface area contributed by atoms with Crippen molar-refractivity contribution in [2.24, 2.45) is 17.8 Å². The molecule has 3 heteroatoms. The molecule has 4 saturated carbocycles. The lowest BCUT2D eigenvalue weighted by atomic mass is 9.48. The molecule has 0 amide bonds. The van der Waals surface area contributed by atoms with E-state index in [0.29, 0.717) is 24.6 Å². The normalized spacial score (nSPS) is 34.5. The summed E-state index contributed by atoms with van der Waals surface area (Å²) in [5.41, 5.74) is 1.99. The summed E-state index contributed by atoms with van der Waals surface area (Å²) in [4.78, 5) is 0. The maximum atomic E-state index is 10.0. The Morgan fingerprint density at radius 1 is 1.04 bits per heavy atom. The highest BCUT2D eigenvalue weighted by molar-refractivity contribution is 5.34. The fourth-order valence-corrected chi connectivity index (χ4v) is 6.06. The van der Waals surface area contributed by atoms with Crippen LogP contribution in [0.3, 0.4) is 0 Å². The van der Waals surface area contributed by atoms with Crippen LogP contribution in [0.4, 0.5) is 0 Å². The van der Waals surface area contributed by atoms with Crippen LogP contribution in [0.25, 0.3) is 0 Å². The predicted molar refractivity (Wildman–Crippen MR) is 99.7 cm³/mol. The predicted octanol–water partition coefficient (Wildman–Crippen LogP) is 2.87. The molecule has 4 bridgehead atoms. The van der Waals surface area contributed by atoms with E-state index < -0.39 is 6.10 Å². The average molecular weight is 345 g/mol. The summed E-state index contributed by atoms with van der Waals surface area (Å²) in [5.74, 6) is 3.83. The summed E-state index contributed by atoms with van der Waals surface area (Å²) >= 11 is 0. The lowest BCUT2D eigenvalue weighted by Crippen LogP contribution is -2.90. The van der Waals surface area contributed by atoms with Gasteiger partial charge in [0.2, 0.25) is 0 Å². The molecular formula is C22H34NO2+. The van der Waals surface area contributed by atoms with Gasteiger partial charge in [-0.3, -0.25) is 0 Å². The van der Waals surface area contributed by atoms with Gasteiger partial charge in [0.1, 0.15) is 25.0 Å². The van der Waals surface area contributed by atoms with Gasteiger partial charge in [-0.05, 0) is 93.2 Å². The van der Waals surface area contributed by atoms with Crippen molar-refractivity contribution in [3.8, 4) is 5.75 Å². The highest BCUT2D eigenvalue weighted by atomic mass is 16.5. The van der Waals surface area contributed by atoms with Crippen LogP contribution >= 0.6 is 0 Å². The summed E-state index contributed by atoms with van der Waals surface area (Å²) in [6.45, 7) is 5.34. The number of aliphatic hydroxyl groups is 1. The van der Waals surface area contributed by atoms with Crippen molar-refractivity contribution >= 4 is 0 Å². The van der Waals surface area contributed by atoms with Crippen molar-refractivity contribution < 1.29 is 15.2 Å². The summed E-state index contributed by atoms with van der Waals surface area (Å²) in [5, 5.41) is 12.2. The summed E-state index contributed by atoms with van der Waals surface area (Å²) < 4.78 is 5.80. The Morgan fingerprint density at radius 3 is 2.12 bits per heavy atom. The molecule has 0 spiro atoms. The van der Waals surface area contributed by atoms with Gasteiger partial charge >= 0.3 is 0 Å². The van der Waals surface area contributed by atoms with Crippen LogP contribution < -0.4 is 10.1 Å². The number of hydrogen-bond donors (Lipinski definition) is 2. The number of rotatable bonds is 7. The third kappa shape index (κ3) is 3.73. The third-order valence-corrected chi connectivity index (χ3v) is 6.83. The molecule has 3 nitrogen and oxygen atoms in total. The maximum absolute atomic E-state index is 10.0. The summed E-state index contributed by atoms with van der Waals surface area (Å²) in [7, 11) is 0. The monoisotopic (exact) mass is 344 g/mol. The van der Waals surface area contributed by atoms with E-state index in [1.54, 1.807) is 0 Å². The Hall–Kier alpha value is -1.06. The first-order chi connectivity index (χ1) is 12.0. The van der Waals surface area contributed by atoms with E-state index in [1.165, 1.54) is 44.1 Å². The quantitative estimate of drug-likeness (QED) is 0.799. The van der Waals surface area contributed by atoms with E-state index in [2.05, 4.69) is 43.4 Å². The molecular weight excluding hydrogens is 310 g/mol. The molecule has 4 aliphatic carbocycles. The number of aliphatic hydroxyl groups excluding tert-OH is 1. The first-order valence-electron chi connectivity index (χ1n) is 10.3. The van der Waals surface area contributed by atoms with Gasteiger partial charge in [0.25, 0.3) is 0 Å². The number of nitrogens with two attached hydrogens (primary N) is 1. The van der Waals surface area contributed by atoms with Crippen molar-refractivity contribution in [3.63, 3.8) is 0 Å². The van der Waals surface area contributed by atoms with Crippen LogP contribution in [-0.2, 0) is 5.41 Å². The number of quaternary nitrogens is 1. The SMILES string of the molecule is CC(C)[NH2+]C[C@@H](O)COc1ccc(C23CC4CC(CC(C4)C2)C3)cc1. The fourth-order valence-electron chi connectivity index (χ4n) is 6.06. The van der Waals surface area contributed by atoms with Crippen LogP contribution in [0.1, 0.15) is 57.9 Å². The van der Waals surface area contributed by atoms with Crippen molar-refractivity contribution in [3.05, 3.63) is 29.8 Å². The molecule has 1 aromatic carbocycles. The van der Waals surface area contributed by atoms with Gasteiger partial charge in [-0.15, -0.1) is 0 Å². The van der Waals surface area contributed by atoms with E-state index in [-0.39, 0.29) is 0 Å². The van der Waals surface area contributed by atoms with Gasteiger partial charge in [0, 0.05) is 0 Å². The summed E-state index contributed by atoms with van der Waals surface area (Å²) in [6.07, 6.45) is 8.28. The Balaban J connectivity index is 1.36. The molecule has 1 aromatic rings. The molecule has 5 rings (SSSR count). The van der Waals surface area contributed by atoms with E-state index in [0.717, 1.165) is 23.5 Å². The third-order valence-electron chi connectivity index (χ3n) is 6.83. The Labute approximate surface area is 152 Å². The van der Waals surface area contributed by atoms with Crippen LogP contribution in [0.5, 0.6) is 5.75 Å². The minimum Gasteiger partial charge on any atom is -0.491 e. The first-order valence-corrected chi connectivity index (χ1v) is 10.3. The largest absolute Gasteiger partial charge is 0.491 e. The zero-order valence-electron chi connectivity index (χ0n) is 15.8. The summed E-state index contributed by atoms with van der Waals surface area (Å²) in [6, 6.07) is 9.35. The van der Waals surface area contributed by atoms with Crippen molar-refractivity contribution in [2.45, 2.75) is 69.9 Å². The van der Waals surface area contributed by atoms with Crippen molar-refractivity contribution in [1.82, 2.24) is 0 Å². The van der Waals surface area contributed by atoms with E-state index in [4.69, 9.17) is 4.74 Å². The van der Waals surface area contributed by atoms with E-state index in [1.807, 2.05) is 0 Å². The Morgan fingerprint density at radius 2 is 1.60 bits per heavy atom. The zero-order chi connectivity index (χ0) is 17.4. The topological polar surface area (TPSA) is 46.1 Å². The highest BCUT2D eigenvalue weighted by Gasteiger charge is 2.51. The molecule has 0 saturated heterocycles. The van der Waals surface area contributed by atoms with Gasteiger partial charge in [-0.25, -0.2) is 0 Å². The minimum absolute atomic E-state index is 0.375.